The number of unbranched alkanes of at least 4 members (excludes halogenated alkanes) is 2. The van der Waals surface area contributed by atoms with E-state index in [0.29, 0.717) is 36.4 Å². The molecule has 6 atom stereocenters. The number of methoxy groups -OCH3 is 1. The summed E-state index contributed by atoms with van der Waals surface area (Å²) in [5, 5.41) is 38.7. The highest BCUT2D eigenvalue weighted by Crippen LogP contribution is 2.35. The van der Waals surface area contributed by atoms with Gasteiger partial charge >= 0.3 is 5.97 Å². The molecule has 3 rings (SSSR count). The van der Waals surface area contributed by atoms with Gasteiger partial charge in [-0.15, -0.1) is 0 Å². The van der Waals surface area contributed by atoms with Crippen LogP contribution in [0.3, 0.4) is 0 Å². The molecule has 2 aromatic rings. The average molecular weight is 630 g/mol. The van der Waals surface area contributed by atoms with Gasteiger partial charge in [0.15, 0.2) is 0 Å². The Labute approximate surface area is 261 Å². The molecule has 2 aromatic carbocycles. The molecule has 1 heterocycles. The van der Waals surface area contributed by atoms with Gasteiger partial charge in [-0.2, -0.15) is 0 Å². The maximum atomic E-state index is 13.1. The average Bonchev–Trinajstić information content (AvgIpc) is 3.05. The first kappa shape index (κ1) is 35.6. The molecular weight excluding hydrogens is 586 g/mol. The summed E-state index contributed by atoms with van der Waals surface area (Å²) in [7, 11) is 1.03. The molecule has 3 amide bonds. The molecule has 14 heteroatoms. The van der Waals surface area contributed by atoms with Gasteiger partial charge in [-0.1, -0.05) is 48.9 Å². The van der Waals surface area contributed by atoms with Crippen LogP contribution in [0.4, 0.5) is 0 Å². The van der Waals surface area contributed by atoms with Crippen molar-refractivity contribution in [3.8, 4) is 11.1 Å². The van der Waals surface area contributed by atoms with Crippen LogP contribution < -0.4 is 22.2 Å². The van der Waals surface area contributed by atoms with E-state index in [4.69, 9.17) is 21.1 Å². The topological polar surface area (TPSA) is 227 Å². The molecule has 0 aliphatic carbocycles. The molecule has 14 nitrogen and oxygen atoms in total. The van der Waals surface area contributed by atoms with Crippen molar-refractivity contribution < 1.29 is 44.0 Å². The number of carbonyl (C=O) groups is 4. The SMILES string of the molecule is COC(=O)C1(N(N)C(=O)CCCCCN)CC(O)C(NC(C)=O)C(C(O)[C@H](O)CNC(=O)c2ccc(-c3ccccc3)cc2)O1. The van der Waals surface area contributed by atoms with Gasteiger partial charge in [0, 0.05) is 31.9 Å². The molecule has 0 bridgehead atoms. The first-order valence-corrected chi connectivity index (χ1v) is 14.7. The highest BCUT2D eigenvalue weighted by molar-refractivity contribution is 5.94. The van der Waals surface area contributed by atoms with Gasteiger partial charge < -0.3 is 41.2 Å². The summed E-state index contributed by atoms with van der Waals surface area (Å²) < 4.78 is 10.8. The van der Waals surface area contributed by atoms with E-state index in [-0.39, 0.29) is 6.42 Å². The van der Waals surface area contributed by atoms with Gasteiger partial charge in [-0.3, -0.25) is 14.4 Å². The lowest BCUT2D eigenvalue weighted by Crippen LogP contribution is -2.73. The Morgan fingerprint density at radius 3 is 2.29 bits per heavy atom. The molecule has 0 radical (unpaired) electrons. The molecule has 45 heavy (non-hydrogen) atoms. The number of aliphatic hydroxyl groups excluding tert-OH is 3. The first-order valence-electron chi connectivity index (χ1n) is 14.7. The smallest absolute Gasteiger partial charge is 0.361 e. The Morgan fingerprint density at radius 2 is 1.69 bits per heavy atom. The van der Waals surface area contributed by atoms with Crippen LogP contribution in [0.25, 0.3) is 11.1 Å². The standard InChI is InChI=1S/C31H43N5O9/c1-19(37)35-26-23(38)17-31(30(43)44-2,36(33)25(40)11-7-4-8-16-32)45-28(26)27(41)24(39)18-34-29(42)22-14-12-21(13-15-22)20-9-5-3-6-10-20/h3,5-6,9-10,12-15,23-24,26-28,38-39,41H,4,7-8,11,16-18,32-33H2,1-2H3,(H,34,42)(H,35,37)/t23?,24-,26?,27?,28?,31?/m1/s1. The zero-order chi connectivity index (χ0) is 33.1. The van der Waals surface area contributed by atoms with Crippen molar-refractivity contribution in [2.75, 3.05) is 20.2 Å². The zero-order valence-corrected chi connectivity index (χ0v) is 25.4. The summed E-state index contributed by atoms with van der Waals surface area (Å²) in [6.45, 7) is 1.13. The molecule has 1 aliphatic rings. The molecular formula is C31H43N5O9. The Hall–Kier alpha value is -3.92. The highest BCUT2D eigenvalue weighted by Gasteiger charge is 2.59. The molecule has 5 unspecified atom stereocenters. The molecule has 1 aliphatic heterocycles. The lowest BCUT2D eigenvalue weighted by atomic mass is 9.86. The number of carbonyl (C=O) groups excluding carboxylic acids is 4. The lowest BCUT2D eigenvalue weighted by Gasteiger charge is -2.49. The number of rotatable bonds is 14. The van der Waals surface area contributed by atoms with Crippen LogP contribution in [-0.4, -0.2) is 100 Å². The molecule has 246 valence electrons. The fourth-order valence-corrected chi connectivity index (χ4v) is 5.22. The van der Waals surface area contributed by atoms with Gasteiger partial charge in [0.2, 0.25) is 11.8 Å². The van der Waals surface area contributed by atoms with E-state index in [1.807, 2.05) is 30.3 Å². The van der Waals surface area contributed by atoms with Gasteiger partial charge in [-0.25, -0.2) is 15.6 Å². The molecule has 0 saturated carbocycles. The normalized spacial score (nSPS) is 22.5. The van der Waals surface area contributed by atoms with Gasteiger partial charge in [-0.05, 0) is 42.6 Å². The third-order valence-corrected chi connectivity index (χ3v) is 7.67. The monoisotopic (exact) mass is 629 g/mol. The van der Waals surface area contributed by atoms with E-state index in [9.17, 15) is 34.5 Å². The minimum Gasteiger partial charge on any atom is -0.465 e. The number of esters is 1. The van der Waals surface area contributed by atoms with Crippen molar-refractivity contribution >= 4 is 23.7 Å². The number of aliphatic hydroxyl groups is 3. The third kappa shape index (κ3) is 8.84. The predicted molar refractivity (Wildman–Crippen MR) is 163 cm³/mol. The number of amides is 3. The Kier molecular flexibility index (Phi) is 13.0. The minimum absolute atomic E-state index is 0.0714. The summed E-state index contributed by atoms with van der Waals surface area (Å²) in [6, 6.07) is 15.0. The fraction of sp³-hybridized carbons (Fsp3) is 0.484. The number of nitrogens with two attached hydrogens (primary N) is 2. The zero-order valence-electron chi connectivity index (χ0n) is 25.4. The van der Waals surface area contributed by atoms with Crippen LogP contribution >= 0.6 is 0 Å². The number of hydrogen-bond donors (Lipinski definition) is 7. The number of benzene rings is 2. The maximum Gasteiger partial charge on any atom is 0.361 e. The van der Waals surface area contributed by atoms with E-state index in [2.05, 4.69) is 10.6 Å². The molecule has 0 aromatic heterocycles. The molecule has 1 saturated heterocycles. The summed E-state index contributed by atoms with van der Waals surface area (Å²) in [5.74, 6) is 3.12. The van der Waals surface area contributed by atoms with Gasteiger partial charge in [0.1, 0.15) is 12.2 Å². The van der Waals surface area contributed by atoms with Gasteiger partial charge in [0.05, 0.1) is 25.4 Å². The van der Waals surface area contributed by atoms with E-state index in [1.165, 1.54) is 0 Å². The Morgan fingerprint density at radius 1 is 1.04 bits per heavy atom. The van der Waals surface area contributed by atoms with Gasteiger partial charge in [0.25, 0.3) is 11.6 Å². The lowest BCUT2D eigenvalue weighted by molar-refractivity contribution is -0.268. The quantitative estimate of drug-likeness (QED) is 0.0466. The van der Waals surface area contributed by atoms with Crippen LogP contribution in [0.1, 0.15) is 49.4 Å². The first-order chi connectivity index (χ1) is 21.4. The van der Waals surface area contributed by atoms with Crippen molar-refractivity contribution in [1.82, 2.24) is 15.6 Å². The van der Waals surface area contributed by atoms with Crippen molar-refractivity contribution in [2.24, 2.45) is 11.6 Å². The van der Waals surface area contributed by atoms with Crippen molar-refractivity contribution in [3.63, 3.8) is 0 Å². The molecule has 9 N–H and O–H groups in total. The van der Waals surface area contributed by atoms with Crippen LogP contribution in [0.15, 0.2) is 54.6 Å². The van der Waals surface area contributed by atoms with Crippen molar-refractivity contribution in [2.45, 2.75) is 75.2 Å². The molecule has 1 fully saturated rings. The molecule has 0 spiro atoms. The van der Waals surface area contributed by atoms with E-state index in [0.717, 1.165) is 25.2 Å². The van der Waals surface area contributed by atoms with Crippen LogP contribution in [0.5, 0.6) is 0 Å². The second-order valence-corrected chi connectivity index (χ2v) is 10.9. The second-order valence-electron chi connectivity index (χ2n) is 10.9. The van der Waals surface area contributed by atoms with E-state index < -0.39 is 72.8 Å². The highest BCUT2D eigenvalue weighted by atomic mass is 16.6. The Balaban J connectivity index is 1.78. The number of nitrogens with zero attached hydrogens (tertiary/aromatic N) is 1. The number of hydrazine groups is 1. The Bertz CT molecular complexity index is 1300. The van der Waals surface area contributed by atoms with Crippen LogP contribution in [-0.2, 0) is 23.9 Å². The largest absolute Gasteiger partial charge is 0.465 e. The fourth-order valence-electron chi connectivity index (χ4n) is 5.22. The minimum atomic E-state index is -2.40. The summed E-state index contributed by atoms with van der Waals surface area (Å²) in [6.07, 6.45) is -5.82. The van der Waals surface area contributed by atoms with Crippen LogP contribution in [0, 0.1) is 0 Å². The number of hydrogen-bond acceptors (Lipinski definition) is 11. The predicted octanol–water partition coefficient (Wildman–Crippen LogP) is -0.450. The summed E-state index contributed by atoms with van der Waals surface area (Å²) >= 11 is 0. The van der Waals surface area contributed by atoms with E-state index in [1.54, 1.807) is 24.3 Å². The summed E-state index contributed by atoms with van der Waals surface area (Å²) in [4.78, 5) is 50.9. The number of ether oxygens (including phenoxy) is 2. The van der Waals surface area contributed by atoms with Crippen LogP contribution in [0.2, 0.25) is 0 Å². The van der Waals surface area contributed by atoms with E-state index >= 15 is 0 Å². The maximum absolute atomic E-state index is 13.1. The number of nitrogens with one attached hydrogen (secondary N) is 2. The van der Waals surface area contributed by atoms with Crippen molar-refractivity contribution in [1.29, 1.82) is 0 Å². The summed E-state index contributed by atoms with van der Waals surface area (Å²) in [5.41, 5.74) is 5.27. The van der Waals surface area contributed by atoms with Crippen molar-refractivity contribution in [3.05, 3.63) is 60.2 Å². The second kappa shape index (κ2) is 16.4. The third-order valence-electron chi connectivity index (χ3n) is 7.67.